The van der Waals surface area contributed by atoms with Gasteiger partial charge in [0.1, 0.15) is 11.4 Å². The van der Waals surface area contributed by atoms with Gasteiger partial charge in [0.2, 0.25) is 0 Å². The molecule has 0 aliphatic carbocycles. The molecule has 0 saturated heterocycles. The quantitative estimate of drug-likeness (QED) is 0.783. The Morgan fingerprint density at radius 1 is 1.36 bits per heavy atom. The minimum absolute atomic E-state index is 0.496. The van der Waals surface area contributed by atoms with Crippen molar-refractivity contribution in [1.82, 2.24) is 15.6 Å². The zero-order chi connectivity index (χ0) is 10.6. The number of aromatic nitrogens is 2. The molecule has 0 radical (unpaired) electrons. The first-order valence-corrected chi connectivity index (χ1v) is 5.16. The first kappa shape index (κ1) is 11.2. The van der Waals surface area contributed by atoms with E-state index in [1.165, 1.54) is 6.42 Å². The second-order valence-corrected chi connectivity index (χ2v) is 3.85. The first-order valence-electron chi connectivity index (χ1n) is 5.16. The lowest BCUT2D eigenvalue weighted by molar-refractivity contribution is 0.298. The first-order chi connectivity index (χ1) is 6.65. The fourth-order valence-electron chi connectivity index (χ4n) is 1.22. The van der Waals surface area contributed by atoms with Gasteiger partial charge in [0.25, 0.3) is 0 Å². The highest BCUT2D eigenvalue weighted by molar-refractivity contribution is 5.03. The third-order valence-electron chi connectivity index (χ3n) is 2.84. The molecule has 1 aromatic heterocycles. The highest BCUT2D eigenvalue weighted by atomic mass is 16.6. The van der Waals surface area contributed by atoms with E-state index in [1.54, 1.807) is 0 Å². The van der Waals surface area contributed by atoms with Gasteiger partial charge in [-0.25, -0.2) is 4.63 Å². The molecule has 80 valence electrons. The van der Waals surface area contributed by atoms with Gasteiger partial charge in [-0.15, -0.1) is 0 Å². The molecule has 14 heavy (non-hydrogen) atoms. The molecule has 2 unspecified atom stereocenters. The van der Waals surface area contributed by atoms with Crippen LogP contribution in [0.4, 0.5) is 0 Å². The van der Waals surface area contributed by atoms with Gasteiger partial charge in [-0.1, -0.05) is 30.6 Å². The number of nitrogens with zero attached hydrogens (tertiary/aromatic N) is 2. The van der Waals surface area contributed by atoms with Crippen molar-refractivity contribution in [2.24, 2.45) is 5.92 Å². The number of nitrogens with one attached hydrogen (secondary N) is 1. The van der Waals surface area contributed by atoms with Gasteiger partial charge < -0.3 is 5.32 Å². The van der Waals surface area contributed by atoms with Crippen LogP contribution in [-0.2, 0) is 6.54 Å². The topological polar surface area (TPSA) is 51.0 Å². The molecule has 1 rings (SSSR count). The monoisotopic (exact) mass is 197 g/mol. The lowest BCUT2D eigenvalue weighted by Gasteiger charge is -2.19. The Balaban J connectivity index is 2.37. The van der Waals surface area contributed by atoms with Gasteiger partial charge in [-0.2, -0.15) is 0 Å². The van der Waals surface area contributed by atoms with Crippen molar-refractivity contribution in [3.05, 3.63) is 11.4 Å². The van der Waals surface area contributed by atoms with Crippen LogP contribution >= 0.6 is 0 Å². The third-order valence-corrected chi connectivity index (χ3v) is 2.84. The van der Waals surface area contributed by atoms with Crippen molar-refractivity contribution in [3.63, 3.8) is 0 Å². The predicted octanol–water partition coefficient (Wildman–Crippen LogP) is 1.90. The summed E-state index contributed by atoms with van der Waals surface area (Å²) in [4.78, 5) is 0. The van der Waals surface area contributed by atoms with Crippen LogP contribution in [0.5, 0.6) is 0 Å². The minimum Gasteiger partial charge on any atom is -0.308 e. The molecule has 2 atom stereocenters. The van der Waals surface area contributed by atoms with Crippen molar-refractivity contribution in [3.8, 4) is 0 Å². The summed E-state index contributed by atoms with van der Waals surface area (Å²) in [7, 11) is 0. The maximum atomic E-state index is 4.62. The summed E-state index contributed by atoms with van der Waals surface area (Å²) in [6, 6.07) is 0.496. The van der Waals surface area contributed by atoms with Crippen LogP contribution in [0, 0.1) is 12.8 Å². The standard InChI is InChI=1S/C10H19N3O/c1-5-7(2)8(3)11-6-10-9(4)12-14-13-10/h7-8,11H,5-6H2,1-4H3. The maximum absolute atomic E-state index is 4.62. The van der Waals surface area contributed by atoms with Crippen LogP contribution in [0.15, 0.2) is 4.63 Å². The van der Waals surface area contributed by atoms with E-state index in [9.17, 15) is 0 Å². The molecule has 0 saturated carbocycles. The molecular weight excluding hydrogens is 178 g/mol. The number of hydrogen-bond acceptors (Lipinski definition) is 4. The zero-order valence-corrected chi connectivity index (χ0v) is 9.37. The van der Waals surface area contributed by atoms with E-state index in [0.29, 0.717) is 12.0 Å². The van der Waals surface area contributed by atoms with E-state index in [0.717, 1.165) is 17.9 Å². The average Bonchev–Trinajstić information content (AvgIpc) is 2.59. The van der Waals surface area contributed by atoms with E-state index < -0.39 is 0 Å². The number of rotatable bonds is 5. The lowest BCUT2D eigenvalue weighted by atomic mass is 10.0. The Kier molecular flexibility index (Phi) is 4.07. The molecule has 1 heterocycles. The van der Waals surface area contributed by atoms with Gasteiger partial charge in [0, 0.05) is 12.6 Å². The molecule has 0 fully saturated rings. The third kappa shape index (κ3) is 2.80. The Morgan fingerprint density at radius 2 is 2.07 bits per heavy atom. The second-order valence-electron chi connectivity index (χ2n) is 3.85. The summed E-state index contributed by atoms with van der Waals surface area (Å²) in [5, 5.41) is 11.0. The molecule has 0 aliphatic heterocycles. The van der Waals surface area contributed by atoms with Crippen molar-refractivity contribution >= 4 is 0 Å². The fourth-order valence-corrected chi connectivity index (χ4v) is 1.22. The zero-order valence-electron chi connectivity index (χ0n) is 9.37. The summed E-state index contributed by atoms with van der Waals surface area (Å²) in [5.74, 6) is 0.676. The molecule has 0 spiro atoms. The molecule has 4 nitrogen and oxygen atoms in total. The van der Waals surface area contributed by atoms with E-state index in [4.69, 9.17) is 0 Å². The average molecular weight is 197 g/mol. The predicted molar refractivity (Wildman–Crippen MR) is 54.8 cm³/mol. The van der Waals surface area contributed by atoms with Crippen molar-refractivity contribution in [2.75, 3.05) is 0 Å². The van der Waals surface area contributed by atoms with Gasteiger partial charge in [-0.05, 0) is 19.8 Å². The van der Waals surface area contributed by atoms with Crippen LogP contribution in [0.25, 0.3) is 0 Å². The molecule has 0 bridgehead atoms. The van der Waals surface area contributed by atoms with E-state index >= 15 is 0 Å². The van der Waals surface area contributed by atoms with Gasteiger partial charge in [-0.3, -0.25) is 0 Å². The van der Waals surface area contributed by atoms with Gasteiger partial charge in [0.15, 0.2) is 0 Å². The van der Waals surface area contributed by atoms with Crippen molar-refractivity contribution in [1.29, 1.82) is 0 Å². The van der Waals surface area contributed by atoms with Crippen LogP contribution in [0.3, 0.4) is 0 Å². The van der Waals surface area contributed by atoms with Gasteiger partial charge in [0.05, 0.1) is 0 Å². The van der Waals surface area contributed by atoms with Crippen molar-refractivity contribution in [2.45, 2.75) is 46.7 Å². The summed E-state index contributed by atoms with van der Waals surface area (Å²) in [6.45, 7) is 9.27. The van der Waals surface area contributed by atoms with Crippen molar-refractivity contribution < 1.29 is 4.63 Å². The second kappa shape index (κ2) is 5.10. The minimum atomic E-state index is 0.496. The van der Waals surface area contributed by atoms with E-state index in [-0.39, 0.29) is 0 Å². The summed E-state index contributed by atoms with van der Waals surface area (Å²) < 4.78 is 4.62. The molecular formula is C10H19N3O. The Hall–Kier alpha value is -0.900. The largest absolute Gasteiger partial charge is 0.308 e. The molecule has 0 amide bonds. The molecule has 1 N–H and O–H groups in total. The van der Waals surface area contributed by atoms with Crippen LogP contribution in [-0.4, -0.2) is 16.4 Å². The smallest absolute Gasteiger partial charge is 0.121 e. The van der Waals surface area contributed by atoms with Gasteiger partial charge >= 0.3 is 0 Å². The normalized spacial score (nSPS) is 15.4. The summed E-state index contributed by atoms with van der Waals surface area (Å²) in [5.41, 5.74) is 1.77. The number of aryl methyl sites for hydroxylation is 1. The Labute approximate surface area is 85.0 Å². The maximum Gasteiger partial charge on any atom is 0.121 e. The van der Waals surface area contributed by atoms with E-state index in [2.05, 4.69) is 41.0 Å². The SMILES string of the molecule is CCC(C)C(C)NCc1nonc1C. The lowest BCUT2D eigenvalue weighted by Crippen LogP contribution is -2.31. The number of hydrogen-bond donors (Lipinski definition) is 1. The fraction of sp³-hybridized carbons (Fsp3) is 0.800. The molecule has 0 aliphatic rings. The Bertz CT molecular complexity index is 272. The van der Waals surface area contributed by atoms with Crippen LogP contribution < -0.4 is 5.32 Å². The highest BCUT2D eigenvalue weighted by Gasteiger charge is 2.11. The molecule has 4 heteroatoms. The van der Waals surface area contributed by atoms with E-state index in [1.807, 2.05) is 6.92 Å². The summed E-state index contributed by atoms with van der Waals surface area (Å²) >= 11 is 0. The van der Waals surface area contributed by atoms with Crippen LogP contribution in [0.2, 0.25) is 0 Å². The van der Waals surface area contributed by atoms with Crippen LogP contribution in [0.1, 0.15) is 38.6 Å². The summed E-state index contributed by atoms with van der Waals surface area (Å²) in [6.07, 6.45) is 1.18. The molecule has 0 aromatic carbocycles. The highest BCUT2D eigenvalue weighted by Crippen LogP contribution is 2.08. The Morgan fingerprint density at radius 3 is 2.57 bits per heavy atom. The molecule has 1 aromatic rings.